The summed E-state index contributed by atoms with van der Waals surface area (Å²) in [5.41, 5.74) is 3.84. The predicted molar refractivity (Wildman–Crippen MR) is 97.1 cm³/mol. The number of fused-ring (bicyclic) bond motifs is 1. The molecule has 0 spiro atoms. The molecule has 0 aliphatic rings. The minimum atomic E-state index is -0.156. The van der Waals surface area contributed by atoms with Crippen LogP contribution in [0.1, 0.15) is 48.1 Å². The van der Waals surface area contributed by atoms with Gasteiger partial charge in [-0.1, -0.05) is 36.8 Å². The van der Waals surface area contributed by atoms with Crippen LogP contribution in [-0.2, 0) is 6.54 Å². The number of hydrogen-bond acceptors (Lipinski definition) is 2. The zero-order chi connectivity index (χ0) is 17.1. The Bertz CT molecular complexity index is 866. The highest BCUT2D eigenvalue weighted by Crippen LogP contribution is 2.21. The van der Waals surface area contributed by atoms with Crippen LogP contribution in [0.4, 0.5) is 0 Å². The van der Waals surface area contributed by atoms with Crippen LogP contribution in [-0.4, -0.2) is 15.5 Å². The number of hydrogen-bond donors (Lipinski definition) is 1. The minimum Gasteiger partial charge on any atom is -0.342 e. The molecule has 0 bridgehead atoms. The number of nitrogens with zero attached hydrogens (tertiary/aromatic N) is 2. The topological polar surface area (TPSA) is 46.9 Å². The third kappa shape index (κ3) is 3.18. The Kier molecular flexibility index (Phi) is 4.65. The molecule has 0 fully saturated rings. The fourth-order valence-electron chi connectivity index (χ4n) is 3.01. The van der Waals surface area contributed by atoms with Crippen molar-refractivity contribution in [1.29, 1.82) is 0 Å². The highest BCUT2D eigenvalue weighted by atomic mass is 16.1. The van der Waals surface area contributed by atoms with Crippen LogP contribution in [0.15, 0.2) is 48.5 Å². The lowest BCUT2D eigenvalue weighted by Gasteiger charge is -2.16. The van der Waals surface area contributed by atoms with Crippen molar-refractivity contribution in [1.82, 2.24) is 14.9 Å². The predicted octanol–water partition coefficient (Wildman–Crippen LogP) is 4.25. The number of imidazole rings is 1. The first-order valence-corrected chi connectivity index (χ1v) is 8.43. The number of amides is 1. The van der Waals surface area contributed by atoms with E-state index in [1.165, 1.54) is 0 Å². The molecule has 0 saturated carbocycles. The molecule has 0 saturated heterocycles. The largest absolute Gasteiger partial charge is 0.342 e. The zero-order valence-electron chi connectivity index (χ0n) is 14.4. The maximum Gasteiger partial charge on any atom is 0.251 e. The van der Waals surface area contributed by atoms with E-state index in [1.807, 2.05) is 56.3 Å². The second-order valence-electron chi connectivity index (χ2n) is 6.17. The summed E-state index contributed by atoms with van der Waals surface area (Å²) in [6, 6.07) is 15.6. The molecule has 0 aliphatic carbocycles. The highest BCUT2D eigenvalue weighted by Gasteiger charge is 2.18. The van der Waals surface area contributed by atoms with Gasteiger partial charge in [0.25, 0.3) is 5.91 Å². The Morgan fingerprint density at radius 1 is 1.21 bits per heavy atom. The van der Waals surface area contributed by atoms with Gasteiger partial charge in [-0.15, -0.1) is 0 Å². The summed E-state index contributed by atoms with van der Waals surface area (Å²) in [6.07, 6.45) is 1.02. The van der Waals surface area contributed by atoms with E-state index in [4.69, 9.17) is 4.98 Å². The lowest BCUT2D eigenvalue weighted by molar-refractivity contribution is 0.0937. The smallest absolute Gasteiger partial charge is 0.251 e. The molecule has 3 rings (SSSR count). The summed E-state index contributed by atoms with van der Waals surface area (Å²) in [4.78, 5) is 17.3. The third-order valence-corrected chi connectivity index (χ3v) is 4.15. The van der Waals surface area contributed by atoms with Crippen molar-refractivity contribution in [3.8, 4) is 0 Å². The van der Waals surface area contributed by atoms with Crippen LogP contribution in [0.2, 0.25) is 0 Å². The molecule has 124 valence electrons. The molecular formula is C20H23N3O. The monoisotopic (exact) mass is 321 g/mol. The summed E-state index contributed by atoms with van der Waals surface area (Å²) >= 11 is 0. The highest BCUT2D eigenvalue weighted by molar-refractivity contribution is 5.94. The van der Waals surface area contributed by atoms with Crippen molar-refractivity contribution in [2.75, 3.05) is 0 Å². The van der Waals surface area contributed by atoms with Crippen LogP contribution in [0.3, 0.4) is 0 Å². The van der Waals surface area contributed by atoms with E-state index < -0.39 is 0 Å². The Balaban J connectivity index is 1.89. The quantitative estimate of drug-likeness (QED) is 0.764. The molecule has 3 aromatic rings. The van der Waals surface area contributed by atoms with Crippen molar-refractivity contribution in [2.45, 2.75) is 39.8 Å². The van der Waals surface area contributed by atoms with Crippen molar-refractivity contribution < 1.29 is 4.79 Å². The van der Waals surface area contributed by atoms with Crippen molar-refractivity contribution >= 4 is 16.9 Å². The lowest BCUT2D eigenvalue weighted by Crippen LogP contribution is -2.28. The van der Waals surface area contributed by atoms with E-state index in [0.29, 0.717) is 5.56 Å². The average molecular weight is 321 g/mol. The summed E-state index contributed by atoms with van der Waals surface area (Å²) in [7, 11) is 0. The standard InChI is InChI=1S/C20H23N3O/c1-4-12-23-18-11-6-5-10-17(18)22-19(23)15(3)21-20(24)16-9-7-8-14(2)13-16/h5-11,13,15H,4,12H2,1-3H3,(H,21,24)/t15-/m1/s1. The molecule has 4 nitrogen and oxygen atoms in total. The van der Waals surface area contributed by atoms with Gasteiger partial charge in [-0.05, 0) is 44.5 Å². The first kappa shape index (κ1) is 16.2. The Hall–Kier alpha value is -2.62. The van der Waals surface area contributed by atoms with Gasteiger partial charge in [-0.25, -0.2) is 4.98 Å². The number of nitrogens with one attached hydrogen (secondary N) is 1. The molecule has 1 heterocycles. The lowest BCUT2D eigenvalue weighted by atomic mass is 10.1. The van der Waals surface area contributed by atoms with Gasteiger partial charge < -0.3 is 9.88 Å². The van der Waals surface area contributed by atoms with Gasteiger partial charge >= 0.3 is 0 Å². The van der Waals surface area contributed by atoms with E-state index in [-0.39, 0.29) is 11.9 Å². The average Bonchev–Trinajstić information content (AvgIpc) is 2.94. The number of benzene rings is 2. The van der Waals surface area contributed by atoms with Gasteiger partial charge in [0.05, 0.1) is 17.1 Å². The Morgan fingerprint density at radius 2 is 2.00 bits per heavy atom. The SMILES string of the molecule is CCCn1c([C@@H](C)NC(=O)c2cccc(C)c2)nc2ccccc21. The number of para-hydroxylation sites is 2. The fraction of sp³-hybridized carbons (Fsp3) is 0.300. The van der Waals surface area contributed by atoms with Crippen LogP contribution < -0.4 is 5.32 Å². The summed E-state index contributed by atoms with van der Waals surface area (Å²) in [5.74, 6) is 0.834. The molecular weight excluding hydrogens is 298 g/mol. The number of aromatic nitrogens is 2. The van der Waals surface area contributed by atoms with Crippen LogP contribution in [0, 0.1) is 6.92 Å². The van der Waals surface area contributed by atoms with Crippen molar-refractivity contribution in [2.24, 2.45) is 0 Å². The molecule has 1 N–H and O–H groups in total. The van der Waals surface area contributed by atoms with Crippen molar-refractivity contribution in [3.63, 3.8) is 0 Å². The first-order valence-electron chi connectivity index (χ1n) is 8.43. The maximum atomic E-state index is 12.5. The van der Waals surface area contributed by atoms with E-state index >= 15 is 0 Å². The number of carbonyl (C=O) groups excluding carboxylic acids is 1. The molecule has 0 radical (unpaired) electrons. The van der Waals surface area contributed by atoms with E-state index in [1.54, 1.807) is 0 Å². The zero-order valence-corrected chi connectivity index (χ0v) is 14.4. The van der Waals surface area contributed by atoms with Gasteiger partial charge in [-0.2, -0.15) is 0 Å². The van der Waals surface area contributed by atoms with Gasteiger partial charge in [-0.3, -0.25) is 4.79 Å². The van der Waals surface area contributed by atoms with Gasteiger partial charge in [0.2, 0.25) is 0 Å². The normalized spacial score (nSPS) is 12.3. The minimum absolute atomic E-state index is 0.0682. The Labute approximate surface area is 142 Å². The summed E-state index contributed by atoms with van der Waals surface area (Å²) < 4.78 is 2.20. The van der Waals surface area contributed by atoms with Crippen LogP contribution in [0.5, 0.6) is 0 Å². The molecule has 1 atom stereocenters. The number of aryl methyl sites for hydroxylation is 2. The number of carbonyl (C=O) groups is 1. The molecule has 4 heteroatoms. The maximum absolute atomic E-state index is 12.5. The molecule has 1 amide bonds. The van der Waals surface area contributed by atoms with Crippen molar-refractivity contribution in [3.05, 3.63) is 65.5 Å². The third-order valence-electron chi connectivity index (χ3n) is 4.15. The Morgan fingerprint density at radius 3 is 2.75 bits per heavy atom. The molecule has 0 aliphatic heterocycles. The molecule has 0 unspecified atom stereocenters. The second kappa shape index (κ2) is 6.87. The van der Waals surface area contributed by atoms with Gasteiger partial charge in [0, 0.05) is 12.1 Å². The molecule has 24 heavy (non-hydrogen) atoms. The van der Waals surface area contributed by atoms with Gasteiger partial charge in [0.15, 0.2) is 0 Å². The van der Waals surface area contributed by atoms with E-state index in [2.05, 4.69) is 22.9 Å². The van der Waals surface area contributed by atoms with Gasteiger partial charge in [0.1, 0.15) is 5.82 Å². The molecule has 2 aromatic carbocycles. The van der Waals surface area contributed by atoms with Crippen LogP contribution in [0.25, 0.3) is 11.0 Å². The first-order chi connectivity index (χ1) is 11.6. The van der Waals surface area contributed by atoms with E-state index in [9.17, 15) is 4.79 Å². The molecule has 1 aromatic heterocycles. The number of rotatable bonds is 5. The van der Waals surface area contributed by atoms with E-state index in [0.717, 1.165) is 35.4 Å². The summed E-state index contributed by atoms with van der Waals surface area (Å²) in [6.45, 7) is 7.01. The second-order valence-corrected chi connectivity index (χ2v) is 6.17. The van der Waals surface area contributed by atoms with Crippen LogP contribution >= 0.6 is 0 Å². The summed E-state index contributed by atoms with van der Waals surface area (Å²) in [5, 5.41) is 3.08. The fourth-order valence-corrected chi connectivity index (χ4v) is 3.01.